The molecular formula is C15H32ClN3O2. The van der Waals surface area contributed by atoms with Crippen LogP contribution in [0.25, 0.3) is 0 Å². The minimum absolute atomic E-state index is 0. The van der Waals surface area contributed by atoms with Crippen molar-refractivity contribution in [2.75, 3.05) is 33.2 Å². The summed E-state index contributed by atoms with van der Waals surface area (Å²) in [6, 6.07) is 0. The van der Waals surface area contributed by atoms with Crippen LogP contribution in [0.15, 0.2) is 0 Å². The Hall–Kier alpha value is -0.810. The molecule has 0 atom stereocenters. The highest BCUT2D eigenvalue weighted by molar-refractivity contribution is 5.85. The van der Waals surface area contributed by atoms with Crippen molar-refractivity contribution in [3.8, 4) is 0 Å². The van der Waals surface area contributed by atoms with E-state index >= 15 is 0 Å². The highest BCUT2D eigenvalue weighted by Crippen LogP contribution is 2.15. The lowest BCUT2D eigenvalue weighted by atomic mass is 9.93. The van der Waals surface area contributed by atoms with Crippen LogP contribution in [0.2, 0.25) is 0 Å². The lowest BCUT2D eigenvalue weighted by molar-refractivity contribution is -0.132. The number of nitrogens with two attached hydrogens (primary N) is 1. The van der Waals surface area contributed by atoms with E-state index in [2.05, 4.69) is 0 Å². The van der Waals surface area contributed by atoms with Crippen molar-refractivity contribution in [2.24, 2.45) is 11.1 Å². The SMILES string of the molecule is CCN(CC)C(=O)CCCC(=O)N(C)CC(C)(C)CN.Cl. The van der Waals surface area contributed by atoms with Crippen LogP contribution < -0.4 is 5.73 Å². The van der Waals surface area contributed by atoms with Gasteiger partial charge in [-0.1, -0.05) is 13.8 Å². The van der Waals surface area contributed by atoms with E-state index in [1.807, 2.05) is 27.7 Å². The molecule has 0 unspecified atom stereocenters. The van der Waals surface area contributed by atoms with Crippen molar-refractivity contribution in [1.29, 1.82) is 0 Å². The summed E-state index contributed by atoms with van der Waals surface area (Å²) in [4.78, 5) is 27.3. The lowest BCUT2D eigenvalue weighted by Crippen LogP contribution is -2.39. The Bertz CT molecular complexity index is 318. The molecule has 0 bridgehead atoms. The first-order valence-electron chi connectivity index (χ1n) is 7.49. The monoisotopic (exact) mass is 321 g/mol. The van der Waals surface area contributed by atoms with E-state index in [1.54, 1.807) is 16.8 Å². The average molecular weight is 322 g/mol. The maximum Gasteiger partial charge on any atom is 0.222 e. The van der Waals surface area contributed by atoms with Crippen LogP contribution in [0, 0.1) is 5.41 Å². The Labute approximate surface area is 135 Å². The number of carbonyl (C=O) groups excluding carboxylic acids is 2. The van der Waals surface area contributed by atoms with Crippen LogP contribution in [0.5, 0.6) is 0 Å². The van der Waals surface area contributed by atoms with Gasteiger partial charge in [0, 0.05) is 39.5 Å². The van der Waals surface area contributed by atoms with Crippen molar-refractivity contribution >= 4 is 24.2 Å². The minimum atomic E-state index is -0.0680. The molecule has 21 heavy (non-hydrogen) atoms. The van der Waals surface area contributed by atoms with Crippen molar-refractivity contribution in [3.63, 3.8) is 0 Å². The highest BCUT2D eigenvalue weighted by atomic mass is 35.5. The Morgan fingerprint density at radius 1 is 1.05 bits per heavy atom. The fraction of sp³-hybridized carbons (Fsp3) is 0.867. The first kappa shape index (κ1) is 22.5. The number of halogens is 1. The molecule has 0 aromatic rings. The van der Waals surface area contributed by atoms with Gasteiger partial charge in [0.25, 0.3) is 0 Å². The molecule has 0 aliphatic heterocycles. The Kier molecular flexibility index (Phi) is 11.6. The van der Waals surface area contributed by atoms with Crippen molar-refractivity contribution in [3.05, 3.63) is 0 Å². The highest BCUT2D eigenvalue weighted by Gasteiger charge is 2.21. The van der Waals surface area contributed by atoms with E-state index in [0.29, 0.717) is 32.4 Å². The molecule has 0 aliphatic rings. The van der Waals surface area contributed by atoms with Crippen molar-refractivity contribution in [1.82, 2.24) is 9.80 Å². The third-order valence-corrected chi connectivity index (χ3v) is 3.54. The number of rotatable bonds is 9. The summed E-state index contributed by atoms with van der Waals surface area (Å²) in [5, 5.41) is 0. The molecule has 0 rings (SSSR count). The van der Waals surface area contributed by atoms with Gasteiger partial charge in [0.1, 0.15) is 0 Å². The fourth-order valence-electron chi connectivity index (χ4n) is 2.11. The first-order chi connectivity index (χ1) is 9.27. The molecule has 2 N–H and O–H groups in total. The fourth-order valence-corrected chi connectivity index (χ4v) is 2.11. The molecule has 5 nitrogen and oxygen atoms in total. The van der Waals surface area contributed by atoms with E-state index in [-0.39, 0.29) is 29.6 Å². The second kappa shape index (κ2) is 10.9. The second-order valence-corrected chi connectivity index (χ2v) is 6.04. The molecule has 6 heteroatoms. The number of amides is 2. The summed E-state index contributed by atoms with van der Waals surface area (Å²) >= 11 is 0. The van der Waals surface area contributed by atoms with Crippen LogP contribution in [0.1, 0.15) is 47.0 Å². The molecule has 0 fully saturated rings. The topological polar surface area (TPSA) is 66.6 Å². The molecule has 0 radical (unpaired) electrons. The summed E-state index contributed by atoms with van der Waals surface area (Å²) < 4.78 is 0. The first-order valence-corrected chi connectivity index (χ1v) is 7.49. The average Bonchev–Trinajstić information content (AvgIpc) is 2.39. The van der Waals surface area contributed by atoms with Gasteiger partial charge >= 0.3 is 0 Å². The zero-order chi connectivity index (χ0) is 15.8. The number of carbonyl (C=O) groups is 2. The van der Waals surface area contributed by atoms with E-state index in [4.69, 9.17) is 5.73 Å². The van der Waals surface area contributed by atoms with Crippen LogP contribution >= 0.6 is 12.4 Å². The van der Waals surface area contributed by atoms with E-state index in [0.717, 1.165) is 13.1 Å². The van der Waals surface area contributed by atoms with Crippen LogP contribution in [0.3, 0.4) is 0 Å². The van der Waals surface area contributed by atoms with Gasteiger partial charge < -0.3 is 15.5 Å². The summed E-state index contributed by atoms with van der Waals surface area (Å²) in [7, 11) is 1.80. The van der Waals surface area contributed by atoms with Gasteiger partial charge in [0.2, 0.25) is 11.8 Å². The molecule has 0 aromatic carbocycles. The molecule has 0 spiro atoms. The van der Waals surface area contributed by atoms with Gasteiger partial charge in [-0.15, -0.1) is 12.4 Å². The van der Waals surface area contributed by atoms with Crippen LogP contribution in [-0.4, -0.2) is 54.8 Å². The van der Waals surface area contributed by atoms with Crippen LogP contribution in [0.4, 0.5) is 0 Å². The predicted octanol–water partition coefficient (Wildman–Crippen LogP) is 1.89. The van der Waals surface area contributed by atoms with Gasteiger partial charge in [0.15, 0.2) is 0 Å². The number of hydrogen-bond acceptors (Lipinski definition) is 3. The largest absolute Gasteiger partial charge is 0.345 e. The van der Waals surface area contributed by atoms with E-state index in [9.17, 15) is 9.59 Å². The minimum Gasteiger partial charge on any atom is -0.345 e. The smallest absolute Gasteiger partial charge is 0.222 e. The lowest BCUT2D eigenvalue weighted by Gasteiger charge is -2.29. The van der Waals surface area contributed by atoms with Crippen LogP contribution in [-0.2, 0) is 9.59 Å². The van der Waals surface area contributed by atoms with Crippen molar-refractivity contribution in [2.45, 2.75) is 47.0 Å². The van der Waals surface area contributed by atoms with E-state index in [1.165, 1.54) is 0 Å². The molecular weight excluding hydrogens is 290 g/mol. The zero-order valence-corrected chi connectivity index (χ0v) is 15.0. The Balaban J connectivity index is 0. The molecule has 0 aromatic heterocycles. The Morgan fingerprint density at radius 3 is 1.95 bits per heavy atom. The summed E-state index contributed by atoms with van der Waals surface area (Å²) in [5.41, 5.74) is 5.60. The van der Waals surface area contributed by atoms with Gasteiger partial charge in [-0.2, -0.15) is 0 Å². The second-order valence-electron chi connectivity index (χ2n) is 6.04. The maximum atomic E-state index is 12.0. The summed E-state index contributed by atoms with van der Waals surface area (Å²) in [6.07, 6.45) is 1.48. The van der Waals surface area contributed by atoms with Gasteiger partial charge in [-0.05, 0) is 32.2 Å². The van der Waals surface area contributed by atoms with Crippen molar-refractivity contribution < 1.29 is 9.59 Å². The quantitative estimate of drug-likeness (QED) is 0.705. The van der Waals surface area contributed by atoms with E-state index < -0.39 is 0 Å². The summed E-state index contributed by atoms with van der Waals surface area (Å²) in [6.45, 7) is 10.7. The summed E-state index contributed by atoms with van der Waals surface area (Å²) in [5.74, 6) is 0.214. The Morgan fingerprint density at radius 2 is 1.52 bits per heavy atom. The number of nitrogens with zero attached hydrogens (tertiary/aromatic N) is 2. The molecule has 126 valence electrons. The van der Waals surface area contributed by atoms with Gasteiger partial charge in [-0.3, -0.25) is 9.59 Å². The normalized spacial score (nSPS) is 10.8. The number of hydrogen-bond donors (Lipinski definition) is 1. The molecule has 0 aliphatic carbocycles. The molecule has 0 saturated heterocycles. The zero-order valence-electron chi connectivity index (χ0n) is 14.1. The molecule has 0 heterocycles. The standard InChI is InChI=1S/C15H31N3O2.ClH/c1-6-18(7-2)14(20)10-8-9-13(19)17(5)12-15(3,4)11-16;/h6-12,16H2,1-5H3;1H. The van der Waals surface area contributed by atoms with Gasteiger partial charge in [0.05, 0.1) is 0 Å². The third kappa shape index (κ3) is 8.94. The predicted molar refractivity (Wildman–Crippen MR) is 89.5 cm³/mol. The molecule has 0 saturated carbocycles. The van der Waals surface area contributed by atoms with Gasteiger partial charge in [-0.25, -0.2) is 0 Å². The molecule has 2 amide bonds. The maximum absolute atomic E-state index is 12.0. The third-order valence-electron chi connectivity index (χ3n) is 3.54.